The summed E-state index contributed by atoms with van der Waals surface area (Å²) in [6.45, 7) is 3.03. The van der Waals surface area contributed by atoms with Crippen molar-refractivity contribution in [3.05, 3.63) is 44.9 Å². The number of ether oxygens (including phenoxy) is 1. The van der Waals surface area contributed by atoms with Crippen molar-refractivity contribution in [1.82, 2.24) is 24.4 Å². The summed E-state index contributed by atoms with van der Waals surface area (Å²) in [5.74, 6) is 0.212. The van der Waals surface area contributed by atoms with Crippen molar-refractivity contribution in [3.63, 3.8) is 0 Å². The highest BCUT2D eigenvalue weighted by Gasteiger charge is 2.21. The molecule has 162 valence electrons. The average Bonchev–Trinajstić information content (AvgIpc) is 3.06. The van der Waals surface area contributed by atoms with E-state index in [1.807, 2.05) is 0 Å². The van der Waals surface area contributed by atoms with Gasteiger partial charge in [-0.3, -0.25) is 9.47 Å². The Labute approximate surface area is 179 Å². The Bertz CT molecular complexity index is 1200. The van der Waals surface area contributed by atoms with Gasteiger partial charge in [0.05, 0.1) is 19.7 Å². The van der Waals surface area contributed by atoms with E-state index in [9.17, 15) is 9.59 Å². The number of aldehydes is 1. The highest BCUT2D eigenvalue weighted by atomic mass is 16.5. The second-order valence-electron chi connectivity index (χ2n) is 8.31. The van der Waals surface area contributed by atoms with Crippen LogP contribution in [-0.4, -0.2) is 50.4 Å². The summed E-state index contributed by atoms with van der Waals surface area (Å²) in [4.78, 5) is 37.3. The number of rotatable bonds is 2. The molecule has 0 saturated carbocycles. The lowest BCUT2D eigenvalue weighted by Gasteiger charge is -2.29. The molecule has 0 fully saturated rings. The molecule has 3 aromatic rings. The quantitative estimate of drug-likeness (QED) is 0.599. The summed E-state index contributed by atoms with van der Waals surface area (Å²) < 4.78 is 7.31. The van der Waals surface area contributed by atoms with Crippen LogP contribution in [0.4, 0.5) is 5.82 Å². The third kappa shape index (κ3) is 3.81. The van der Waals surface area contributed by atoms with E-state index in [1.165, 1.54) is 16.7 Å². The monoisotopic (exact) mass is 422 g/mol. The van der Waals surface area contributed by atoms with E-state index in [4.69, 9.17) is 10.5 Å². The number of nitrogens with zero attached hydrogens (tertiary/aromatic N) is 4. The number of aryl methyl sites for hydroxylation is 1. The predicted octanol–water partition coefficient (Wildman–Crippen LogP) is 1.41. The van der Waals surface area contributed by atoms with Crippen molar-refractivity contribution < 1.29 is 9.53 Å². The van der Waals surface area contributed by atoms with Gasteiger partial charge < -0.3 is 20.2 Å². The Balaban J connectivity index is 1.60. The number of hydrogen-bond acceptors (Lipinski definition) is 7. The highest BCUT2D eigenvalue weighted by Crippen LogP contribution is 2.27. The van der Waals surface area contributed by atoms with Gasteiger partial charge in [-0.1, -0.05) is 12.1 Å². The van der Waals surface area contributed by atoms with Crippen molar-refractivity contribution in [2.24, 2.45) is 0 Å². The van der Waals surface area contributed by atoms with Crippen LogP contribution in [0.25, 0.3) is 11.2 Å². The first-order valence-corrected chi connectivity index (χ1v) is 10.8. The number of carbonyl (C=O) groups is 1. The number of carbonyl (C=O) groups excluding carboxylic acids is 1. The number of aromatic nitrogens is 4. The normalized spacial score (nSPS) is 17.2. The number of fused-ring (bicyclic) bond motifs is 5. The topological polar surface area (TPSA) is 119 Å². The number of nitrogens with two attached hydrogens (primary N) is 1. The summed E-state index contributed by atoms with van der Waals surface area (Å²) in [7, 11) is 0. The number of benzene rings is 1. The molecular formula is C22H26N6O3. The molecule has 2 aromatic heterocycles. The number of H-pyrrole nitrogens is 1. The standard InChI is InChI=1S/C22H26N6O3/c23-19-18-20-26-21(25-19)31-9-3-1-2-4-15-10-14(12-28(20)22(30)24-18)11-16-5-6-27(7-8-29)13-17(15)16/h8,10-11H,1-7,9,12-13H2,(H,24,30)(H2,23,25,26). The molecule has 2 aliphatic rings. The Hall–Kier alpha value is -3.20. The zero-order chi connectivity index (χ0) is 21.4. The minimum Gasteiger partial charge on any atom is -0.463 e. The van der Waals surface area contributed by atoms with Crippen molar-refractivity contribution in [2.45, 2.75) is 45.2 Å². The summed E-state index contributed by atoms with van der Waals surface area (Å²) in [5, 5.41) is 0. The fourth-order valence-electron chi connectivity index (χ4n) is 4.64. The van der Waals surface area contributed by atoms with E-state index in [0.29, 0.717) is 30.9 Å². The molecule has 3 N–H and O–H groups in total. The first kappa shape index (κ1) is 19.7. The van der Waals surface area contributed by atoms with Gasteiger partial charge in [0.25, 0.3) is 0 Å². The molecule has 4 bridgehead atoms. The van der Waals surface area contributed by atoms with Gasteiger partial charge in [0.1, 0.15) is 11.8 Å². The molecule has 0 atom stereocenters. The molecule has 2 aliphatic heterocycles. The SMILES string of the molecule is Nc1nc2nc3c1[nH]c(=O)n3Cc1cc(c3c(c1)CCN(CC=O)C3)CCCCCO2. The van der Waals surface area contributed by atoms with Gasteiger partial charge in [0.15, 0.2) is 11.5 Å². The van der Waals surface area contributed by atoms with Gasteiger partial charge in [0, 0.05) is 13.1 Å². The summed E-state index contributed by atoms with van der Waals surface area (Å²) in [5.41, 5.74) is 11.7. The van der Waals surface area contributed by atoms with Crippen LogP contribution in [-0.2, 0) is 30.7 Å². The van der Waals surface area contributed by atoms with Crippen LogP contribution in [0.15, 0.2) is 16.9 Å². The third-order valence-electron chi connectivity index (χ3n) is 6.20. The predicted molar refractivity (Wildman–Crippen MR) is 116 cm³/mol. The summed E-state index contributed by atoms with van der Waals surface area (Å²) >= 11 is 0. The smallest absolute Gasteiger partial charge is 0.328 e. The van der Waals surface area contributed by atoms with E-state index in [0.717, 1.165) is 57.0 Å². The summed E-state index contributed by atoms with van der Waals surface area (Å²) in [6, 6.07) is 4.61. The van der Waals surface area contributed by atoms with Gasteiger partial charge in [-0.2, -0.15) is 9.97 Å². The molecule has 9 nitrogen and oxygen atoms in total. The van der Waals surface area contributed by atoms with Crippen LogP contribution >= 0.6 is 0 Å². The van der Waals surface area contributed by atoms with E-state index in [1.54, 1.807) is 4.57 Å². The van der Waals surface area contributed by atoms with Gasteiger partial charge in [-0.25, -0.2) is 4.79 Å². The Morgan fingerprint density at radius 1 is 1.13 bits per heavy atom. The number of hydrogen-bond donors (Lipinski definition) is 2. The van der Waals surface area contributed by atoms with Gasteiger partial charge in [0.2, 0.25) is 0 Å². The number of nitrogens with one attached hydrogen (secondary N) is 1. The van der Waals surface area contributed by atoms with Crippen LogP contribution in [0.5, 0.6) is 6.01 Å². The van der Waals surface area contributed by atoms with Gasteiger partial charge in [-0.05, 0) is 54.4 Å². The van der Waals surface area contributed by atoms with Crippen molar-refractivity contribution in [2.75, 3.05) is 25.4 Å². The molecule has 0 unspecified atom stereocenters. The van der Waals surface area contributed by atoms with Crippen molar-refractivity contribution in [1.29, 1.82) is 0 Å². The molecule has 1 aromatic carbocycles. The van der Waals surface area contributed by atoms with Gasteiger partial charge >= 0.3 is 11.7 Å². The van der Waals surface area contributed by atoms with Crippen LogP contribution in [0, 0.1) is 0 Å². The first-order valence-electron chi connectivity index (χ1n) is 10.8. The molecule has 0 radical (unpaired) electrons. The van der Waals surface area contributed by atoms with E-state index in [2.05, 4.69) is 32.0 Å². The highest BCUT2D eigenvalue weighted by molar-refractivity contribution is 5.82. The minimum absolute atomic E-state index is 0.205. The van der Waals surface area contributed by atoms with Crippen LogP contribution < -0.4 is 16.2 Å². The Morgan fingerprint density at radius 2 is 1.97 bits per heavy atom. The average molecular weight is 422 g/mol. The van der Waals surface area contributed by atoms with Gasteiger partial charge in [-0.15, -0.1) is 0 Å². The Kier molecular flexibility index (Phi) is 5.19. The lowest BCUT2D eigenvalue weighted by atomic mass is 9.90. The Morgan fingerprint density at radius 3 is 2.81 bits per heavy atom. The van der Waals surface area contributed by atoms with E-state index in [-0.39, 0.29) is 17.5 Å². The third-order valence-corrected chi connectivity index (χ3v) is 6.20. The summed E-state index contributed by atoms with van der Waals surface area (Å²) in [6.07, 6.45) is 5.81. The second-order valence-corrected chi connectivity index (χ2v) is 8.31. The molecule has 0 aliphatic carbocycles. The maximum atomic E-state index is 12.7. The van der Waals surface area contributed by atoms with Crippen LogP contribution in [0.2, 0.25) is 0 Å². The van der Waals surface area contributed by atoms with E-state index < -0.39 is 0 Å². The largest absolute Gasteiger partial charge is 0.463 e. The number of nitrogen functional groups attached to an aromatic ring is 1. The van der Waals surface area contributed by atoms with Crippen molar-refractivity contribution >= 4 is 23.3 Å². The second kappa shape index (κ2) is 8.14. The lowest BCUT2D eigenvalue weighted by molar-refractivity contribution is -0.109. The molecule has 9 heteroatoms. The van der Waals surface area contributed by atoms with Crippen LogP contribution in [0.3, 0.4) is 0 Å². The fourth-order valence-corrected chi connectivity index (χ4v) is 4.64. The maximum absolute atomic E-state index is 12.7. The molecule has 4 heterocycles. The lowest BCUT2D eigenvalue weighted by Crippen LogP contribution is -2.33. The van der Waals surface area contributed by atoms with E-state index >= 15 is 0 Å². The molecule has 0 saturated heterocycles. The van der Waals surface area contributed by atoms with Crippen molar-refractivity contribution in [3.8, 4) is 6.01 Å². The minimum atomic E-state index is -0.267. The number of aromatic amines is 1. The molecule has 31 heavy (non-hydrogen) atoms. The van der Waals surface area contributed by atoms with Crippen LogP contribution in [0.1, 0.15) is 41.5 Å². The molecule has 5 rings (SSSR count). The number of imidazole rings is 1. The maximum Gasteiger partial charge on any atom is 0.328 e. The molecular weight excluding hydrogens is 396 g/mol. The first-order chi connectivity index (χ1) is 15.1. The zero-order valence-electron chi connectivity index (χ0n) is 17.4. The fraction of sp³-hybridized carbons (Fsp3) is 0.455. The number of anilines is 1. The zero-order valence-corrected chi connectivity index (χ0v) is 17.4. The molecule has 0 amide bonds. The molecule has 0 spiro atoms.